The number of halogens is 1. The third-order valence-corrected chi connectivity index (χ3v) is 2.44. The second-order valence-electron chi connectivity index (χ2n) is 2.85. The molecule has 2 amide bonds. The van der Waals surface area contributed by atoms with E-state index in [4.69, 9.17) is 5.21 Å². The summed E-state index contributed by atoms with van der Waals surface area (Å²) in [4.78, 5) is 22.1. The maximum atomic E-state index is 11.0. The lowest BCUT2D eigenvalue weighted by Gasteiger charge is -2.06. The van der Waals surface area contributed by atoms with Crippen LogP contribution in [0.1, 0.15) is 10.4 Å². The number of carbonyl (C=O) groups is 2. The molecule has 86 valence electrons. The summed E-state index contributed by atoms with van der Waals surface area (Å²) in [7, 11) is 0. The fourth-order valence-corrected chi connectivity index (χ4v) is 1.25. The van der Waals surface area contributed by atoms with Crippen LogP contribution in [0, 0.1) is 0 Å². The Morgan fingerprint density at radius 2 is 2.06 bits per heavy atom. The highest BCUT2D eigenvalue weighted by atomic mass is 127. The molecule has 0 unspecified atom stereocenters. The molecule has 0 heterocycles. The molecule has 16 heavy (non-hydrogen) atoms. The zero-order valence-corrected chi connectivity index (χ0v) is 10.2. The first-order valence-electron chi connectivity index (χ1n) is 4.21. The van der Waals surface area contributed by atoms with Gasteiger partial charge in [0.25, 0.3) is 5.91 Å². The first kappa shape index (κ1) is 12.7. The minimum Gasteiger partial charge on any atom is -0.507 e. The van der Waals surface area contributed by atoms with Crippen LogP contribution < -0.4 is 10.8 Å². The Bertz CT molecular complexity index is 422. The molecule has 0 saturated heterocycles. The Labute approximate surface area is 105 Å². The maximum Gasteiger partial charge on any atom is 0.278 e. The van der Waals surface area contributed by atoms with Gasteiger partial charge in [-0.2, -0.15) is 0 Å². The molecule has 0 bridgehead atoms. The molecular formula is C9H9IN2O4. The van der Waals surface area contributed by atoms with E-state index in [0.717, 1.165) is 0 Å². The van der Waals surface area contributed by atoms with Crippen LogP contribution in [-0.2, 0) is 4.79 Å². The third kappa shape index (κ3) is 3.07. The average molecular weight is 336 g/mol. The van der Waals surface area contributed by atoms with Crippen molar-refractivity contribution in [3.63, 3.8) is 0 Å². The summed E-state index contributed by atoms with van der Waals surface area (Å²) in [6, 6.07) is 3.98. The van der Waals surface area contributed by atoms with Gasteiger partial charge in [-0.15, -0.1) is 0 Å². The molecule has 7 heteroatoms. The zero-order chi connectivity index (χ0) is 12.1. The van der Waals surface area contributed by atoms with Crippen molar-refractivity contribution in [1.29, 1.82) is 0 Å². The lowest BCUT2D eigenvalue weighted by Crippen LogP contribution is -2.19. The smallest absolute Gasteiger partial charge is 0.278 e. The molecule has 6 nitrogen and oxygen atoms in total. The average Bonchev–Trinajstić information content (AvgIpc) is 2.28. The van der Waals surface area contributed by atoms with Crippen LogP contribution in [0.2, 0.25) is 0 Å². The molecule has 0 saturated carbocycles. The number of carbonyl (C=O) groups excluding carboxylic acids is 2. The quantitative estimate of drug-likeness (QED) is 0.285. The molecule has 0 aliphatic heterocycles. The number of benzene rings is 1. The third-order valence-electron chi connectivity index (χ3n) is 1.75. The van der Waals surface area contributed by atoms with Crippen LogP contribution in [0.3, 0.4) is 0 Å². The van der Waals surface area contributed by atoms with Crippen LogP contribution in [-0.4, -0.2) is 26.6 Å². The number of hydroxylamine groups is 1. The van der Waals surface area contributed by atoms with Gasteiger partial charge in [0.1, 0.15) is 5.75 Å². The molecule has 1 aromatic rings. The van der Waals surface area contributed by atoms with Gasteiger partial charge in [0.05, 0.1) is 9.99 Å². The molecule has 0 atom stereocenters. The van der Waals surface area contributed by atoms with Crippen LogP contribution in [0.25, 0.3) is 0 Å². The largest absolute Gasteiger partial charge is 0.507 e. The highest BCUT2D eigenvalue weighted by Gasteiger charge is 2.11. The van der Waals surface area contributed by atoms with Crippen LogP contribution in [0.15, 0.2) is 18.2 Å². The Morgan fingerprint density at radius 3 is 2.56 bits per heavy atom. The number of phenols is 1. The highest BCUT2D eigenvalue weighted by Crippen LogP contribution is 2.21. The van der Waals surface area contributed by atoms with E-state index in [-0.39, 0.29) is 21.6 Å². The normalized spacial score (nSPS) is 9.62. The van der Waals surface area contributed by atoms with E-state index in [9.17, 15) is 14.7 Å². The fourth-order valence-electron chi connectivity index (χ4n) is 1.06. The van der Waals surface area contributed by atoms with Crippen molar-refractivity contribution in [1.82, 2.24) is 5.48 Å². The van der Waals surface area contributed by atoms with Crippen molar-refractivity contribution in [2.75, 3.05) is 9.74 Å². The molecule has 0 spiro atoms. The van der Waals surface area contributed by atoms with Crippen LogP contribution >= 0.6 is 22.6 Å². The van der Waals surface area contributed by atoms with Gasteiger partial charge in [0.15, 0.2) is 0 Å². The number of hydrogen-bond donors (Lipinski definition) is 4. The molecule has 0 aromatic heterocycles. The lowest BCUT2D eigenvalue weighted by atomic mass is 10.1. The number of anilines is 1. The second-order valence-corrected chi connectivity index (χ2v) is 3.62. The van der Waals surface area contributed by atoms with E-state index in [0.29, 0.717) is 5.69 Å². The number of aromatic hydroxyl groups is 1. The topological polar surface area (TPSA) is 98.7 Å². The van der Waals surface area contributed by atoms with Gasteiger partial charge in [0, 0.05) is 11.8 Å². The summed E-state index contributed by atoms with van der Waals surface area (Å²) >= 11 is 1.90. The fraction of sp³-hybridized carbons (Fsp3) is 0.111. The van der Waals surface area contributed by atoms with Crippen molar-refractivity contribution in [3.8, 4) is 5.75 Å². The predicted octanol–water partition coefficient (Wildman–Crippen LogP) is 0.885. The van der Waals surface area contributed by atoms with E-state index in [1.807, 2.05) is 22.6 Å². The zero-order valence-electron chi connectivity index (χ0n) is 8.03. The maximum absolute atomic E-state index is 11.0. The SMILES string of the molecule is O=C(CI)Nc1ccc(C(=O)NO)c(O)c1. The summed E-state index contributed by atoms with van der Waals surface area (Å²) in [6.07, 6.45) is 0. The monoisotopic (exact) mass is 336 g/mol. The van der Waals surface area contributed by atoms with Gasteiger partial charge in [-0.3, -0.25) is 14.8 Å². The minimum atomic E-state index is -0.815. The highest BCUT2D eigenvalue weighted by molar-refractivity contribution is 14.1. The number of amides is 2. The molecule has 4 N–H and O–H groups in total. The lowest BCUT2D eigenvalue weighted by molar-refractivity contribution is -0.113. The van der Waals surface area contributed by atoms with Crippen molar-refractivity contribution >= 4 is 40.1 Å². The molecule has 1 rings (SSSR count). The number of hydrogen-bond acceptors (Lipinski definition) is 4. The van der Waals surface area contributed by atoms with Gasteiger partial charge >= 0.3 is 0 Å². The van der Waals surface area contributed by atoms with Gasteiger partial charge in [-0.25, -0.2) is 5.48 Å². The Kier molecular flexibility index (Phi) is 4.50. The molecule has 0 radical (unpaired) electrons. The summed E-state index contributed by atoms with van der Waals surface area (Å²) in [6.45, 7) is 0. The van der Waals surface area contributed by atoms with Gasteiger partial charge < -0.3 is 10.4 Å². The van der Waals surface area contributed by atoms with Crippen molar-refractivity contribution in [3.05, 3.63) is 23.8 Å². The van der Waals surface area contributed by atoms with E-state index < -0.39 is 5.91 Å². The number of nitrogens with one attached hydrogen (secondary N) is 2. The van der Waals surface area contributed by atoms with E-state index in [1.165, 1.54) is 23.7 Å². The summed E-state index contributed by atoms with van der Waals surface area (Å²) < 4.78 is 0.289. The molecule has 0 fully saturated rings. The second kappa shape index (κ2) is 5.66. The van der Waals surface area contributed by atoms with Crippen molar-refractivity contribution < 1.29 is 19.9 Å². The van der Waals surface area contributed by atoms with Crippen LogP contribution in [0.5, 0.6) is 5.75 Å². The summed E-state index contributed by atoms with van der Waals surface area (Å²) in [5, 5.41) is 20.4. The number of rotatable bonds is 3. The molecule has 0 aliphatic rings. The minimum absolute atomic E-state index is 0.0741. The van der Waals surface area contributed by atoms with Gasteiger partial charge in [0.2, 0.25) is 5.91 Å². The first-order chi connectivity index (χ1) is 7.58. The first-order valence-corrected chi connectivity index (χ1v) is 5.74. The molecule has 1 aromatic carbocycles. The van der Waals surface area contributed by atoms with E-state index >= 15 is 0 Å². The van der Waals surface area contributed by atoms with Crippen LogP contribution in [0.4, 0.5) is 5.69 Å². The van der Waals surface area contributed by atoms with E-state index in [2.05, 4.69) is 5.32 Å². The number of alkyl halides is 1. The van der Waals surface area contributed by atoms with Crippen molar-refractivity contribution in [2.45, 2.75) is 0 Å². The molecular weight excluding hydrogens is 327 g/mol. The van der Waals surface area contributed by atoms with Crippen molar-refractivity contribution in [2.24, 2.45) is 0 Å². The van der Waals surface area contributed by atoms with Gasteiger partial charge in [-0.1, -0.05) is 22.6 Å². The Morgan fingerprint density at radius 1 is 1.38 bits per heavy atom. The Balaban J connectivity index is 2.91. The number of phenolic OH excluding ortho intramolecular Hbond substituents is 1. The predicted molar refractivity (Wildman–Crippen MR) is 64.9 cm³/mol. The summed E-state index contributed by atoms with van der Waals surface area (Å²) in [5.74, 6) is -1.35. The molecule has 0 aliphatic carbocycles. The standard InChI is InChI=1S/C9H9IN2O4/c10-4-8(14)11-5-1-2-6(7(13)3-5)9(15)12-16/h1-3,13,16H,4H2,(H,11,14)(H,12,15). The van der Waals surface area contributed by atoms with Gasteiger partial charge in [-0.05, 0) is 12.1 Å². The summed E-state index contributed by atoms with van der Waals surface area (Å²) in [5.41, 5.74) is 1.71. The Hall–Kier alpha value is -1.35. The van der Waals surface area contributed by atoms with E-state index in [1.54, 1.807) is 0 Å².